The Kier molecular flexibility index (Phi) is 5.60. The number of rotatable bonds is 7. The predicted molar refractivity (Wildman–Crippen MR) is 93.9 cm³/mol. The van der Waals surface area contributed by atoms with Gasteiger partial charge in [-0.3, -0.25) is 9.71 Å². The average molecular weight is 360 g/mol. The van der Waals surface area contributed by atoms with E-state index in [4.69, 9.17) is 0 Å². The van der Waals surface area contributed by atoms with Crippen LogP contribution in [-0.4, -0.2) is 28.0 Å². The zero-order valence-electron chi connectivity index (χ0n) is 14.0. The molecule has 1 aliphatic rings. The first-order valence-corrected chi connectivity index (χ1v) is 10.5. The van der Waals surface area contributed by atoms with Crippen molar-refractivity contribution in [1.29, 1.82) is 0 Å². The average Bonchev–Trinajstić information content (AvgIpc) is 3.28. The van der Waals surface area contributed by atoms with E-state index in [-0.39, 0.29) is 16.0 Å². The molecule has 130 valence electrons. The zero-order chi connectivity index (χ0) is 17.3. The summed E-state index contributed by atoms with van der Waals surface area (Å²) >= 11 is -1.22. The highest BCUT2D eigenvalue weighted by Crippen LogP contribution is 2.30. The van der Waals surface area contributed by atoms with Crippen molar-refractivity contribution in [2.45, 2.75) is 63.0 Å². The zero-order valence-corrected chi connectivity index (χ0v) is 15.6. The highest BCUT2D eigenvalue weighted by molar-refractivity contribution is 7.93. The van der Waals surface area contributed by atoms with Gasteiger partial charge in [-0.15, -0.1) is 4.72 Å². The van der Waals surface area contributed by atoms with E-state index in [1.165, 1.54) is 0 Å². The quantitative estimate of drug-likeness (QED) is 0.730. The van der Waals surface area contributed by atoms with Crippen molar-refractivity contribution in [3.8, 4) is 0 Å². The van der Waals surface area contributed by atoms with Crippen molar-refractivity contribution in [3.63, 3.8) is 0 Å². The third kappa shape index (κ3) is 5.07. The molecule has 2 rings (SSSR count). The molecular weight excluding hydrogens is 334 g/mol. The Labute approximate surface area is 141 Å². The fourth-order valence-electron chi connectivity index (χ4n) is 1.99. The van der Waals surface area contributed by atoms with Gasteiger partial charge < -0.3 is 4.55 Å². The summed E-state index contributed by atoms with van der Waals surface area (Å²) < 4.78 is 41.6. The van der Waals surface area contributed by atoms with Crippen LogP contribution < -0.4 is 9.44 Å². The summed E-state index contributed by atoms with van der Waals surface area (Å²) in [6.07, 6.45) is 3.71. The van der Waals surface area contributed by atoms with Gasteiger partial charge >= 0.3 is 0 Å². The van der Waals surface area contributed by atoms with E-state index in [1.807, 2.05) is 27.7 Å². The van der Waals surface area contributed by atoms with Crippen molar-refractivity contribution < 1.29 is 13.0 Å². The van der Waals surface area contributed by atoms with Gasteiger partial charge in [0, 0.05) is 17.6 Å². The molecule has 2 N–H and O–H groups in total. The smallest absolute Gasteiger partial charge is 0.235 e. The lowest BCUT2D eigenvalue weighted by molar-refractivity contribution is 0.515. The van der Waals surface area contributed by atoms with E-state index >= 15 is 0 Å². The van der Waals surface area contributed by atoms with Crippen LogP contribution in [-0.2, 0) is 21.4 Å². The van der Waals surface area contributed by atoms with E-state index in [9.17, 15) is 13.0 Å². The highest BCUT2D eigenvalue weighted by atomic mass is 32.2. The summed E-state index contributed by atoms with van der Waals surface area (Å²) in [6, 6.07) is 3.15. The van der Waals surface area contributed by atoms with Crippen molar-refractivity contribution in [1.82, 2.24) is 9.71 Å². The fourth-order valence-corrected chi connectivity index (χ4v) is 4.27. The van der Waals surface area contributed by atoms with Gasteiger partial charge in [-0.2, -0.15) is 0 Å². The largest absolute Gasteiger partial charge is 0.598 e. The minimum atomic E-state index is -3.29. The molecule has 0 aliphatic heterocycles. The lowest BCUT2D eigenvalue weighted by Gasteiger charge is -2.27. The Morgan fingerprint density at radius 3 is 2.61 bits per heavy atom. The highest BCUT2D eigenvalue weighted by Gasteiger charge is 2.36. The molecule has 1 heterocycles. The van der Waals surface area contributed by atoms with Crippen LogP contribution in [0.5, 0.6) is 0 Å². The summed E-state index contributed by atoms with van der Waals surface area (Å²) in [5.41, 5.74) is 1.18. The van der Waals surface area contributed by atoms with Gasteiger partial charge in [0.1, 0.15) is 4.75 Å². The molecule has 0 saturated heterocycles. The van der Waals surface area contributed by atoms with E-state index in [0.717, 1.165) is 12.8 Å². The van der Waals surface area contributed by atoms with E-state index in [0.29, 0.717) is 17.8 Å². The van der Waals surface area contributed by atoms with Crippen molar-refractivity contribution in [3.05, 3.63) is 24.0 Å². The third-order valence-electron chi connectivity index (χ3n) is 3.58. The van der Waals surface area contributed by atoms with Crippen LogP contribution in [0.4, 0.5) is 5.69 Å². The summed E-state index contributed by atoms with van der Waals surface area (Å²) in [5, 5.41) is -0.271. The molecule has 0 spiro atoms. The Morgan fingerprint density at radius 2 is 2.09 bits per heavy atom. The van der Waals surface area contributed by atoms with Gasteiger partial charge in [-0.1, -0.05) is 6.92 Å². The Balaban J connectivity index is 2.13. The van der Waals surface area contributed by atoms with Gasteiger partial charge in [0.2, 0.25) is 10.0 Å². The summed E-state index contributed by atoms with van der Waals surface area (Å²) in [7, 11) is -3.29. The van der Waals surface area contributed by atoms with E-state index in [1.54, 1.807) is 18.3 Å². The Morgan fingerprint density at radius 1 is 1.43 bits per heavy atom. The molecule has 1 unspecified atom stereocenters. The monoisotopic (exact) mass is 359 g/mol. The van der Waals surface area contributed by atoms with Crippen LogP contribution in [0.15, 0.2) is 18.3 Å². The predicted octanol–water partition coefficient (Wildman–Crippen LogP) is 2.49. The molecule has 2 atom stereocenters. The minimum Gasteiger partial charge on any atom is -0.598 e. The lowest BCUT2D eigenvalue weighted by atomic mass is 10.1. The van der Waals surface area contributed by atoms with Crippen molar-refractivity contribution in [2.24, 2.45) is 0 Å². The molecule has 6 nitrogen and oxygen atoms in total. The van der Waals surface area contributed by atoms with Crippen LogP contribution in [0.1, 0.15) is 58.7 Å². The molecule has 1 fully saturated rings. The minimum absolute atomic E-state index is 0.194. The molecule has 1 aromatic rings. The Hall–Kier alpha value is -0.830. The SMILES string of the molecule is CCC(N[S@+]([O-])C(C)(C)C)c1cc(NS(=O)(=O)C2CC2)ccn1. The van der Waals surface area contributed by atoms with Crippen LogP contribution in [0.3, 0.4) is 0 Å². The first kappa shape index (κ1) is 18.5. The molecule has 8 heteroatoms. The molecule has 1 aliphatic carbocycles. The number of hydrogen-bond donors (Lipinski definition) is 2. The molecule has 1 saturated carbocycles. The van der Waals surface area contributed by atoms with Crippen LogP contribution in [0, 0.1) is 0 Å². The molecule has 1 aromatic heterocycles. The molecule has 0 aromatic carbocycles. The second-order valence-corrected chi connectivity index (χ2v) is 10.7. The number of anilines is 1. The van der Waals surface area contributed by atoms with Crippen LogP contribution >= 0.6 is 0 Å². The van der Waals surface area contributed by atoms with E-state index < -0.39 is 21.4 Å². The van der Waals surface area contributed by atoms with Crippen LogP contribution in [0.2, 0.25) is 0 Å². The van der Waals surface area contributed by atoms with Gasteiger partial charge in [0.15, 0.2) is 0 Å². The number of pyridine rings is 1. The van der Waals surface area contributed by atoms with Gasteiger partial charge in [0.25, 0.3) is 0 Å². The third-order valence-corrected chi connectivity index (χ3v) is 7.06. The molecular formula is C15H25N3O3S2. The molecule has 0 amide bonds. The van der Waals surface area contributed by atoms with E-state index in [2.05, 4.69) is 14.4 Å². The first-order chi connectivity index (χ1) is 10.6. The number of hydrogen-bond acceptors (Lipinski definition) is 5. The summed E-state index contributed by atoms with van der Waals surface area (Å²) in [4.78, 5) is 4.30. The topological polar surface area (TPSA) is 94.1 Å². The number of nitrogens with one attached hydrogen (secondary N) is 2. The number of nitrogens with zero attached hydrogens (tertiary/aromatic N) is 1. The van der Waals surface area contributed by atoms with Crippen molar-refractivity contribution >= 4 is 27.1 Å². The van der Waals surface area contributed by atoms with Gasteiger partial charge in [-0.05, 0) is 52.2 Å². The van der Waals surface area contributed by atoms with Gasteiger partial charge in [-0.25, -0.2) is 8.42 Å². The maximum Gasteiger partial charge on any atom is 0.235 e. The maximum absolute atomic E-state index is 12.3. The maximum atomic E-state index is 12.3. The van der Waals surface area contributed by atoms with Crippen LogP contribution in [0.25, 0.3) is 0 Å². The number of sulfonamides is 1. The molecule has 23 heavy (non-hydrogen) atoms. The van der Waals surface area contributed by atoms with Gasteiger partial charge in [0.05, 0.1) is 22.7 Å². The van der Waals surface area contributed by atoms with Crippen molar-refractivity contribution in [2.75, 3.05) is 4.72 Å². The normalized spacial score (nSPS) is 18.5. The lowest BCUT2D eigenvalue weighted by Crippen LogP contribution is -2.41. The fraction of sp³-hybridized carbons (Fsp3) is 0.667. The first-order valence-electron chi connectivity index (χ1n) is 7.79. The standard InChI is InChI=1S/C15H25N3O3S2/c1-5-13(17-22(19)15(2,3)4)14-10-11(8-9-16-14)18-23(20,21)12-6-7-12/h8-10,12-13,17H,5-7H2,1-4H3,(H,16,18)/t13?,22-/m1/s1. The summed E-state index contributed by atoms with van der Waals surface area (Å²) in [6.45, 7) is 7.67. The Bertz CT molecular complexity index is 640. The second kappa shape index (κ2) is 6.96. The molecule has 0 bridgehead atoms. The molecule has 0 radical (unpaired) electrons. The summed E-state index contributed by atoms with van der Waals surface area (Å²) in [5.74, 6) is 0. The number of aromatic nitrogens is 1. The second-order valence-electron chi connectivity index (χ2n) is 6.78.